The van der Waals surface area contributed by atoms with E-state index in [1.165, 1.54) is 32.2 Å². The lowest BCUT2D eigenvalue weighted by Gasteiger charge is -2.41. The molecule has 0 aromatic heterocycles. The molecular weight excluding hydrogens is 138 g/mol. The Kier molecular flexibility index (Phi) is 2.14. The summed E-state index contributed by atoms with van der Waals surface area (Å²) in [6.45, 7) is 2.16. The topological polar surface area (TPSA) is 23.5 Å². The molecule has 0 spiro atoms. The predicted molar refractivity (Wildman–Crippen MR) is 44.5 cm³/mol. The molecule has 2 rings (SSSR count). The van der Waals surface area contributed by atoms with Gasteiger partial charge in [0.25, 0.3) is 0 Å². The molecule has 0 unspecified atom stereocenters. The minimum Gasteiger partial charge on any atom is -0.392 e. The van der Waals surface area contributed by atoms with Crippen LogP contribution in [0.25, 0.3) is 0 Å². The number of hydrogen-bond acceptors (Lipinski definition) is 2. The van der Waals surface area contributed by atoms with E-state index in [1.807, 2.05) is 0 Å². The number of piperidine rings is 2. The zero-order valence-electron chi connectivity index (χ0n) is 7.00. The number of fused-ring (bicyclic) bond motifs is 1. The molecule has 2 aliphatic rings. The van der Waals surface area contributed by atoms with Crippen LogP contribution >= 0.6 is 0 Å². The maximum Gasteiger partial charge on any atom is 0.0667 e. The first-order valence-corrected chi connectivity index (χ1v) is 4.78. The summed E-state index contributed by atoms with van der Waals surface area (Å²) in [5.41, 5.74) is 0. The van der Waals surface area contributed by atoms with Crippen LogP contribution in [0.2, 0.25) is 0 Å². The third kappa shape index (κ3) is 1.57. The van der Waals surface area contributed by atoms with Crippen molar-refractivity contribution in [1.82, 2.24) is 4.90 Å². The Morgan fingerprint density at radius 3 is 2.91 bits per heavy atom. The van der Waals surface area contributed by atoms with E-state index >= 15 is 0 Å². The molecule has 1 N–H and O–H groups in total. The van der Waals surface area contributed by atoms with Crippen molar-refractivity contribution >= 4 is 0 Å². The molecule has 0 amide bonds. The van der Waals surface area contributed by atoms with Crippen molar-refractivity contribution < 1.29 is 5.11 Å². The van der Waals surface area contributed by atoms with Gasteiger partial charge in [-0.1, -0.05) is 6.42 Å². The molecule has 2 heteroatoms. The van der Waals surface area contributed by atoms with Crippen molar-refractivity contribution in [3.05, 3.63) is 0 Å². The highest BCUT2D eigenvalue weighted by molar-refractivity contribution is 4.83. The largest absolute Gasteiger partial charge is 0.392 e. The van der Waals surface area contributed by atoms with Crippen LogP contribution in [0, 0.1) is 0 Å². The molecule has 0 bridgehead atoms. The summed E-state index contributed by atoms with van der Waals surface area (Å²) in [5.74, 6) is 0. The molecule has 2 saturated heterocycles. The third-order valence-electron chi connectivity index (χ3n) is 3.03. The smallest absolute Gasteiger partial charge is 0.0667 e. The Labute approximate surface area is 68.2 Å². The first kappa shape index (κ1) is 7.56. The zero-order chi connectivity index (χ0) is 7.68. The van der Waals surface area contributed by atoms with Crippen LogP contribution in [0.1, 0.15) is 32.1 Å². The quantitative estimate of drug-likeness (QED) is 0.564. The van der Waals surface area contributed by atoms with Gasteiger partial charge in [0.05, 0.1) is 6.10 Å². The second-order valence-electron chi connectivity index (χ2n) is 3.88. The van der Waals surface area contributed by atoms with Crippen LogP contribution in [0.4, 0.5) is 0 Å². The number of aliphatic hydroxyl groups excluding tert-OH is 1. The number of hydrogen-bond donors (Lipinski definition) is 1. The van der Waals surface area contributed by atoms with Crippen LogP contribution in [0.5, 0.6) is 0 Å². The summed E-state index contributed by atoms with van der Waals surface area (Å²) < 4.78 is 0. The fraction of sp³-hybridized carbons (Fsp3) is 1.00. The van der Waals surface area contributed by atoms with Gasteiger partial charge in [0.1, 0.15) is 0 Å². The maximum absolute atomic E-state index is 9.41. The molecule has 0 saturated carbocycles. The minimum atomic E-state index is -0.0376. The molecule has 2 heterocycles. The molecule has 2 aliphatic heterocycles. The predicted octanol–water partition coefficient (Wildman–Crippen LogP) is 0.996. The highest BCUT2D eigenvalue weighted by atomic mass is 16.3. The van der Waals surface area contributed by atoms with E-state index in [0.717, 1.165) is 19.0 Å². The second-order valence-corrected chi connectivity index (χ2v) is 3.88. The van der Waals surface area contributed by atoms with E-state index < -0.39 is 0 Å². The van der Waals surface area contributed by atoms with Crippen molar-refractivity contribution in [1.29, 1.82) is 0 Å². The van der Waals surface area contributed by atoms with Crippen LogP contribution < -0.4 is 0 Å². The van der Waals surface area contributed by atoms with E-state index in [9.17, 15) is 5.11 Å². The standard InChI is InChI=1S/C9H17NO/c11-9-5-4-8-3-1-2-6-10(8)7-9/h8-9,11H,1-7H2/t8-,9-/m0/s1. The van der Waals surface area contributed by atoms with Crippen LogP contribution in [0.3, 0.4) is 0 Å². The highest BCUT2D eigenvalue weighted by Gasteiger charge is 2.28. The summed E-state index contributed by atoms with van der Waals surface area (Å²) in [5, 5.41) is 9.41. The van der Waals surface area contributed by atoms with Crippen molar-refractivity contribution in [2.24, 2.45) is 0 Å². The molecule has 11 heavy (non-hydrogen) atoms. The van der Waals surface area contributed by atoms with Gasteiger partial charge in [0.15, 0.2) is 0 Å². The number of rotatable bonds is 0. The summed E-state index contributed by atoms with van der Waals surface area (Å²) in [6, 6.07) is 0.812. The lowest BCUT2D eigenvalue weighted by molar-refractivity contribution is 0.0180. The van der Waals surface area contributed by atoms with Gasteiger partial charge in [-0.15, -0.1) is 0 Å². The number of nitrogens with zero attached hydrogens (tertiary/aromatic N) is 1. The number of aliphatic hydroxyl groups is 1. The molecule has 0 aliphatic carbocycles. The Morgan fingerprint density at radius 1 is 1.09 bits per heavy atom. The molecule has 0 aromatic rings. The summed E-state index contributed by atoms with van der Waals surface area (Å²) >= 11 is 0. The van der Waals surface area contributed by atoms with Crippen molar-refractivity contribution in [3.63, 3.8) is 0 Å². The van der Waals surface area contributed by atoms with Crippen LogP contribution in [0.15, 0.2) is 0 Å². The van der Waals surface area contributed by atoms with Crippen molar-refractivity contribution in [2.45, 2.75) is 44.2 Å². The molecule has 2 fully saturated rings. The SMILES string of the molecule is O[C@H]1CC[C@@H]2CCCCN2C1. The summed E-state index contributed by atoms with van der Waals surface area (Å²) in [7, 11) is 0. The van der Waals surface area contributed by atoms with Crippen LogP contribution in [-0.4, -0.2) is 35.2 Å². The normalized spacial score (nSPS) is 40.1. The van der Waals surface area contributed by atoms with Gasteiger partial charge >= 0.3 is 0 Å². The molecule has 0 radical (unpaired) electrons. The monoisotopic (exact) mass is 155 g/mol. The molecule has 2 nitrogen and oxygen atoms in total. The Hall–Kier alpha value is -0.0800. The van der Waals surface area contributed by atoms with Gasteiger partial charge in [-0.05, 0) is 32.2 Å². The summed E-state index contributed by atoms with van der Waals surface area (Å²) in [4.78, 5) is 2.47. The molecule has 2 atom stereocenters. The third-order valence-corrected chi connectivity index (χ3v) is 3.03. The van der Waals surface area contributed by atoms with Gasteiger partial charge in [0.2, 0.25) is 0 Å². The Morgan fingerprint density at radius 2 is 2.00 bits per heavy atom. The lowest BCUT2D eigenvalue weighted by Crippen LogP contribution is -2.47. The van der Waals surface area contributed by atoms with E-state index in [0.29, 0.717) is 0 Å². The van der Waals surface area contributed by atoms with Gasteiger partial charge in [-0.2, -0.15) is 0 Å². The lowest BCUT2D eigenvalue weighted by atomic mass is 9.92. The average molecular weight is 155 g/mol. The average Bonchev–Trinajstić information content (AvgIpc) is 2.04. The fourth-order valence-corrected chi connectivity index (χ4v) is 2.37. The first-order chi connectivity index (χ1) is 5.36. The molecule has 0 aromatic carbocycles. The molecular formula is C9H17NO. The molecule has 64 valence electrons. The van der Waals surface area contributed by atoms with E-state index in [-0.39, 0.29) is 6.10 Å². The van der Waals surface area contributed by atoms with Crippen molar-refractivity contribution in [2.75, 3.05) is 13.1 Å². The van der Waals surface area contributed by atoms with E-state index in [2.05, 4.69) is 4.90 Å². The van der Waals surface area contributed by atoms with Gasteiger partial charge in [-0.25, -0.2) is 0 Å². The highest BCUT2D eigenvalue weighted by Crippen LogP contribution is 2.25. The Bertz CT molecular complexity index is 138. The second kappa shape index (κ2) is 3.11. The summed E-state index contributed by atoms with van der Waals surface area (Å²) in [6.07, 6.45) is 6.32. The van der Waals surface area contributed by atoms with Gasteiger partial charge in [-0.3, -0.25) is 4.90 Å². The zero-order valence-corrected chi connectivity index (χ0v) is 7.00. The minimum absolute atomic E-state index is 0.0376. The van der Waals surface area contributed by atoms with Gasteiger partial charge < -0.3 is 5.11 Å². The van der Waals surface area contributed by atoms with Crippen LogP contribution in [-0.2, 0) is 0 Å². The maximum atomic E-state index is 9.41. The first-order valence-electron chi connectivity index (χ1n) is 4.78. The van der Waals surface area contributed by atoms with Crippen molar-refractivity contribution in [3.8, 4) is 0 Å². The van der Waals surface area contributed by atoms with Gasteiger partial charge in [0, 0.05) is 12.6 Å². The van der Waals surface area contributed by atoms with E-state index in [1.54, 1.807) is 0 Å². The Balaban J connectivity index is 1.93. The van der Waals surface area contributed by atoms with E-state index in [4.69, 9.17) is 0 Å². The fourth-order valence-electron chi connectivity index (χ4n) is 2.37.